The molecule has 4 heteroatoms. The molecule has 1 aliphatic carbocycles. The molecular weight excluding hydrogens is 304 g/mol. The van der Waals surface area contributed by atoms with Gasteiger partial charge in [-0.1, -0.05) is 36.4 Å². The van der Waals surface area contributed by atoms with Gasteiger partial charge >= 0.3 is 11.9 Å². The lowest BCUT2D eigenvalue weighted by Gasteiger charge is -2.12. The molecule has 0 aromatic heterocycles. The topological polar surface area (TPSA) is 52.6 Å². The minimum Gasteiger partial charge on any atom is -0.462 e. The summed E-state index contributed by atoms with van der Waals surface area (Å²) in [6.45, 7) is 4.63. The van der Waals surface area contributed by atoms with Gasteiger partial charge in [0.15, 0.2) is 0 Å². The van der Waals surface area contributed by atoms with Crippen molar-refractivity contribution in [3.63, 3.8) is 0 Å². The molecule has 0 aliphatic heterocycles. The first kappa shape index (κ1) is 16.2. The lowest BCUT2D eigenvalue weighted by molar-refractivity contribution is 0.0374. The van der Waals surface area contributed by atoms with Crippen LogP contribution in [0.4, 0.5) is 0 Å². The first-order chi connectivity index (χ1) is 11.6. The second kappa shape index (κ2) is 6.87. The molecular formula is C20H19O4. The summed E-state index contributed by atoms with van der Waals surface area (Å²) in [6.07, 6.45) is 0.775. The molecule has 1 aliphatic rings. The molecule has 1 fully saturated rings. The predicted molar refractivity (Wildman–Crippen MR) is 89.3 cm³/mol. The van der Waals surface area contributed by atoms with Crippen LogP contribution < -0.4 is 0 Å². The van der Waals surface area contributed by atoms with Crippen molar-refractivity contribution < 1.29 is 19.1 Å². The Bertz CT molecular complexity index is 711. The van der Waals surface area contributed by atoms with Gasteiger partial charge in [-0.3, -0.25) is 0 Å². The molecule has 1 saturated carbocycles. The van der Waals surface area contributed by atoms with Crippen LogP contribution in [-0.2, 0) is 9.47 Å². The van der Waals surface area contributed by atoms with Gasteiger partial charge in [-0.05, 0) is 37.6 Å². The lowest BCUT2D eigenvalue weighted by Crippen LogP contribution is -2.17. The van der Waals surface area contributed by atoms with Crippen LogP contribution in [0, 0.1) is 18.3 Å². The van der Waals surface area contributed by atoms with Crippen LogP contribution in [0.3, 0.4) is 0 Å². The molecule has 0 bridgehead atoms. The van der Waals surface area contributed by atoms with Gasteiger partial charge in [0.2, 0.25) is 0 Å². The standard InChI is InChI=1S/C20H19O4/c1-20(14-24-19(22)16-10-6-3-7-11-16)12-17(20)13-23-18(21)15-8-4-2-5-9-15/h2-11,17H,1,12-14H2/t17-,20-/m0/s1. The smallest absolute Gasteiger partial charge is 0.338 e. The van der Waals surface area contributed by atoms with Gasteiger partial charge < -0.3 is 9.47 Å². The van der Waals surface area contributed by atoms with E-state index in [1.807, 2.05) is 12.1 Å². The fourth-order valence-corrected chi connectivity index (χ4v) is 2.54. The summed E-state index contributed by atoms with van der Waals surface area (Å²) in [6, 6.07) is 17.7. The number of benzene rings is 2. The zero-order valence-corrected chi connectivity index (χ0v) is 13.3. The molecule has 1 radical (unpaired) electrons. The Hall–Kier alpha value is -2.62. The molecule has 3 rings (SSSR count). The van der Waals surface area contributed by atoms with E-state index in [0.717, 1.165) is 6.42 Å². The van der Waals surface area contributed by atoms with Crippen LogP contribution in [0.25, 0.3) is 0 Å². The summed E-state index contributed by atoms with van der Waals surface area (Å²) in [5, 5.41) is 0. The average Bonchev–Trinajstić information content (AvgIpc) is 3.29. The highest BCUT2D eigenvalue weighted by Gasteiger charge is 2.51. The highest BCUT2D eigenvalue weighted by Crippen LogP contribution is 2.52. The van der Waals surface area contributed by atoms with Crippen molar-refractivity contribution >= 4 is 11.9 Å². The number of esters is 2. The van der Waals surface area contributed by atoms with E-state index in [1.54, 1.807) is 48.5 Å². The van der Waals surface area contributed by atoms with Crippen molar-refractivity contribution in [2.45, 2.75) is 6.42 Å². The molecule has 2 aromatic carbocycles. The minimum atomic E-state index is -0.360. The van der Waals surface area contributed by atoms with E-state index < -0.39 is 0 Å². The maximum absolute atomic E-state index is 11.9. The number of carbonyl (C=O) groups is 2. The van der Waals surface area contributed by atoms with Crippen molar-refractivity contribution in [3.05, 3.63) is 78.7 Å². The van der Waals surface area contributed by atoms with Crippen LogP contribution in [0.15, 0.2) is 60.7 Å². The van der Waals surface area contributed by atoms with Gasteiger partial charge in [0.1, 0.15) is 0 Å². The Morgan fingerprint density at radius 1 is 0.917 bits per heavy atom. The molecule has 4 nitrogen and oxygen atoms in total. The quantitative estimate of drug-likeness (QED) is 0.763. The minimum absolute atomic E-state index is 0.119. The molecule has 2 aromatic rings. The van der Waals surface area contributed by atoms with Crippen LogP contribution in [-0.4, -0.2) is 25.2 Å². The van der Waals surface area contributed by atoms with E-state index in [1.165, 1.54) is 0 Å². The van der Waals surface area contributed by atoms with Crippen molar-refractivity contribution in [2.24, 2.45) is 11.3 Å². The van der Waals surface area contributed by atoms with Gasteiger partial charge in [0, 0.05) is 11.3 Å². The molecule has 24 heavy (non-hydrogen) atoms. The summed E-state index contributed by atoms with van der Waals surface area (Å²) >= 11 is 0. The van der Waals surface area contributed by atoms with Crippen molar-refractivity contribution in [3.8, 4) is 0 Å². The van der Waals surface area contributed by atoms with Crippen LogP contribution in [0.1, 0.15) is 27.1 Å². The van der Waals surface area contributed by atoms with Gasteiger partial charge in [0.05, 0.1) is 24.3 Å². The number of ether oxygens (including phenoxy) is 2. The molecule has 0 saturated heterocycles. The van der Waals surface area contributed by atoms with Crippen LogP contribution in [0.2, 0.25) is 0 Å². The van der Waals surface area contributed by atoms with Gasteiger partial charge in [-0.25, -0.2) is 9.59 Å². The molecule has 0 spiro atoms. The summed E-state index contributed by atoms with van der Waals surface area (Å²) in [4.78, 5) is 23.9. The van der Waals surface area contributed by atoms with E-state index >= 15 is 0 Å². The van der Waals surface area contributed by atoms with Crippen molar-refractivity contribution in [1.29, 1.82) is 0 Å². The van der Waals surface area contributed by atoms with Gasteiger partial charge in [-0.15, -0.1) is 0 Å². The van der Waals surface area contributed by atoms with E-state index in [2.05, 4.69) is 6.92 Å². The van der Waals surface area contributed by atoms with E-state index in [4.69, 9.17) is 9.47 Å². The second-order valence-corrected chi connectivity index (χ2v) is 6.17. The fraction of sp³-hybridized carbons (Fsp3) is 0.250. The highest BCUT2D eigenvalue weighted by atomic mass is 16.5. The molecule has 123 valence electrons. The van der Waals surface area contributed by atoms with Gasteiger partial charge in [0.25, 0.3) is 0 Å². The second-order valence-electron chi connectivity index (χ2n) is 6.17. The Morgan fingerprint density at radius 3 is 1.96 bits per heavy atom. The zero-order chi connectivity index (χ0) is 17.0. The largest absolute Gasteiger partial charge is 0.462 e. The zero-order valence-electron chi connectivity index (χ0n) is 13.3. The first-order valence-electron chi connectivity index (χ1n) is 7.88. The normalized spacial score (nSPS) is 21.8. The molecule has 0 heterocycles. The number of carbonyl (C=O) groups excluding carboxylic acids is 2. The number of rotatable bonds is 6. The molecule has 0 unspecified atom stereocenters. The van der Waals surface area contributed by atoms with E-state index in [9.17, 15) is 9.59 Å². The SMILES string of the molecule is [CH2][C@@]1(COC(=O)c2ccccc2)C[C@H]1COC(=O)c1ccccc1. The highest BCUT2D eigenvalue weighted by molar-refractivity contribution is 5.89. The van der Waals surface area contributed by atoms with E-state index in [-0.39, 0.29) is 29.9 Å². The molecule has 0 N–H and O–H groups in total. The predicted octanol–water partition coefficient (Wildman–Crippen LogP) is 3.54. The Labute approximate surface area is 141 Å². The number of hydrogen-bond acceptors (Lipinski definition) is 4. The summed E-state index contributed by atoms with van der Waals surface area (Å²) in [5.74, 6) is -0.578. The Balaban J connectivity index is 1.44. The molecule has 0 amide bonds. The number of hydrogen-bond donors (Lipinski definition) is 0. The van der Waals surface area contributed by atoms with Crippen LogP contribution in [0.5, 0.6) is 0 Å². The average molecular weight is 323 g/mol. The monoisotopic (exact) mass is 323 g/mol. The summed E-state index contributed by atoms with van der Waals surface area (Å²) < 4.78 is 10.7. The fourth-order valence-electron chi connectivity index (χ4n) is 2.54. The van der Waals surface area contributed by atoms with Crippen LogP contribution >= 0.6 is 0 Å². The third kappa shape index (κ3) is 3.82. The first-order valence-corrected chi connectivity index (χ1v) is 7.88. The third-order valence-corrected chi connectivity index (χ3v) is 4.28. The van der Waals surface area contributed by atoms with E-state index in [0.29, 0.717) is 17.7 Å². The van der Waals surface area contributed by atoms with Crippen molar-refractivity contribution in [2.75, 3.05) is 13.2 Å². The summed E-state index contributed by atoms with van der Waals surface area (Å²) in [5.41, 5.74) is 0.693. The lowest BCUT2D eigenvalue weighted by atomic mass is 10.1. The maximum atomic E-state index is 11.9. The Morgan fingerprint density at radius 2 is 1.42 bits per heavy atom. The van der Waals surface area contributed by atoms with Gasteiger partial charge in [-0.2, -0.15) is 0 Å². The third-order valence-electron chi connectivity index (χ3n) is 4.28. The molecule has 2 atom stereocenters. The maximum Gasteiger partial charge on any atom is 0.338 e. The van der Waals surface area contributed by atoms with Crippen molar-refractivity contribution in [1.82, 2.24) is 0 Å². The summed E-state index contributed by atoms with van der Waals surface area (Å²) in [7, 11) is 0. The Kier molecular flexibility index (Phi) is 4.65.